The molecule has 5 nitrogen and oxygen atoms in total. The highest BCUT2D eigenvalue weighted by Gasteiger charge is 2.23. The largest absolute Gasteiger partial charge is 0.351 e. The lowest BCUT2D eigenvalue weighted by Crippen LogP contribution is -2.34. The molecule has 0 unspecified atom stereocenters. The lowest BCUT2D eigenvalue weighted by atomic mass is 9.99. The Labute approximate surface area is 182 Å². The van der Waals surface area contributed by atoms with Gasteiger partial charge in [-0.1, -0.05) is 41.9 Å². The van der Waals surface area contributed by atoms with Crippen molar-refractivity contribution < 1.29 is 4.79 Å². The molecular formula is C24H27ClN4O. The van der Waals surface area contributed by atoms with Gasteiger partial charge >= 0.3 is 0 Å². The molecule has 4 rings (SSSR count). The van der Waals surface area contributed by atoms with Gasteiger partial charge in [-0.25, -0.2) is 4.68 Å². The molecule has 1 amide bonds. The van der Waals surface area contributed by atoms with Gasteiger partial charge in [0.1, 0.15) is 0 Å². The summed E-state index contributed by atoms with van der Waals surface area (Å²) in [5, 5.41) is 7.96. The number of hydrogen-bond acceptors (Lipinski definition) is 3. The van der Waals surface area contributed by atoms with Crippen LogP contribution in [-0.4, -0.2) is 46.8 Å². The molecule has 156 valence electrons. The van der Waals surface area contributed by atoms with Crippen LogP contribution in [-0.2, 0) is 0 Å². The Hall–Kier alpha value is -2.63. The van der Waals surface area contributed by atoms with E-state index in [1.54, 1.807) is 12.1 Å². The van der Waals surface area contributed by atoms with Crippen molar-refractivity contribution in [2.75, 3.05) is 26.2 Å². The van der Waals surface area contributed by atoms with E-state index in [9.17, 15) is 4.79 Å². The van der Waals surface area contributed by atoms with E-state index in [1.807, 2.05) is 30.7 Å². The van der Waals surface area contributed by atoms with Crippen LogP contribution in [0.1, 0.15) is 39.6 Å². The van der Waals surface area contributed by atoms with E-state index in [4.69, 9.17) is 11.6 Å². The zero-order valence-corrected chi connectivity index (χ0v) is 18.2. The van der Waals surface area contributed by atoms with Crippen LogP contribution in [0.3, 0.4) is 0 Å². The minimum Gasteiger partial charge on any atom is -0.351 e. The van der Waals surface area contributed by atoms with E-state index >= 15 is 0 Å². The summed E-state index contributed by atoms with van der Waals surface area (Å²) in [7, 11) is 0. The van der Waals surface area contributed by atoms with E-state index < -0.39 is 0 Å². The summed E-state index contributed by atoms with van der Waals surface area (Å²) >= 11 is 6.32. The van der Waals surface area contributed by atoms with Gasteiger partial charge in [-0.2, -0.15) is 5.10 Å². The second-order valence-electron chi connectivity index (χ2n) is 7.96. The first-order chi connectivity index (χ1) is 14.5. The van der Waals surface area contributed by atoms with Gasteiger partial charge in [-0.05, 0) is 62.6 Å². The Morgan fingerprint density at radius 1 is 1.17 bits per heavy atom. The van der Waals surface area contributed by atoms with Gasteiger partial charge in [-0.15, -0.1) is 0 Å². The predicted molar refractivity (Wildman–Crippen MR) is 121 cm³/mol. The first-order valence-corrected chi connectivity index (χ1v) is 10.8. The molecule has 0 radical (unpaired) electrons. The topological polar surface area (TPSA) is 50.2 Å². The number of nitrogens with one attached hydrogen (secondary N) is 1. The van der Waals surface area contributed by atoms with E-state index in [0.717, 1.165) is 43.1 Å². The van der Waals surface area contributed by atoms with Crippen LogP contribution in [0, 0.1) is 13.8 Å². The molecule has 0 saturated carbocycles. The summed E-state index contributed by atoms with van der Waals surface area (Å²) < 4.78 is 1.83. The van der Waals surface area contributed by atoms with Crippen molar-refractivity contribution in [3.63, 3.8) is 0 Å². The summed E-state index contributed by atoms with van der Waals surface area (Å²) in [5.74, 6) is 0.427. The van der Waals surface area contributed by atoms with Crippen molar-refractivity contribution in [2.45, 2.75) is 26.2 Å². The number of aromatic nitrogens is 2. The SMILES string of the molecule is Cc1cc(C)n(-c2ccc(Cl)c(C(=O)NCCN3CC[C@@H](c4ccccc4)C3)c2)n1. The number of carbonyl (C=O) groups is 1. The van der Waals surface area contributed by atoms with Crippen LogP contribution >= 0.6 is 11.6 Å². The smallest absolute Gasteiger partial charge is 0.252 e. The molecule has 30 heavy (non-hydrogen) atoms. The molecule has 1 fully saturated rings. The third kappa shape index (κ3) is 4.58. The van der Waals surface area contributed by atoms with Crippen molar-refractivity contribution >= 4 is 17.5 Å². The number of rotatable bonds is 6. The van der Waals surface area contributed by atoms with Crippen molar-refractivity contribution in [3.05, 3.63) is 82.1 Å². The molecule has 1 atom stereocenters. The zero-order chi connectivity index (χ0) is 21.1. The van der Waals surface area contributed by atoms with E-state index in [-0.39, 0.29) is 5.91 Å². The number of hydrogen-bond donors (Lipinski definition) is 1. The minimum absolute atomic E-state index is 0.151. The molecule has 1 aliphatic heterocycles. The summed E-state index contributed by atoms with van der Waals surface area (Å²) in [5.41, 5.74) is 4.67. The third-order valence-corrected chi connectivity index (χ3v) is 6.04. The molecule has 3 aromatic rings. The number of benzene rings is 2. The maximum atomic E-state index is 12.8. The van der Waals surface area contributed by atoms with Gasteiger partial charge < -0.3 is 10.2 Å². The van der Waals surface area contributed by atoms with Crippen molar-refractivity contribution in [3.8, 4) is 5.69 Å². The van der Waals surface area contributed by atoms with Crippen LogP contribution in [0.4, 0.5) is 0 Å². The number of halogens is 1. The van der Waals surface area contributed by atoms with Gasteiger partial charge in [0, 0.05) is 25.3 Å². The summed E-state index contributed by atoms with van der Waals surface area (Å²) in [6.45, 7) is 7.48. The second-order valence-corrected chi connectivity index (χ2v) is 8.36. The Morgan fingerprint density at radius 3 is 2.70 bits per heavy atom. The standard InChI is InChI=1S/C24H27ClN4O/c1-17-14-18(2)29(27-17)21-8-9-23(25)22(15-21)24(30)26-11-13-28-12-10-20(16-28)19-6-4-3-5-7-19/h3-9,14-15,20H,10-13,16H2,1-2H3,(H,26,30)/t20-/m1/s1. The maximum absolute atomic E-state index is 12.8. The number of nitrogens with zero attached hydrogens (tertiary/aromatic N) is 3. The van der Waals surface area contributed by atoms with Crippen LogP contribution < -0.4 is 5.32 Å². The highest BCUT2D eigenvalue weighted by atomic mass is 35.5. The Balaban J connectivity index is 1.34. The van der Waals surface area contributed by atoms with Gasteiger partial charge in [0.2, 0.25) is 0 Å². The third-order valence-electron chi connectivity index (χ3n) is 5.71. The van der Waals surface area contributed by atoms with Gasteiger partial charge in [0.15, 0.2) is 0 Å². The number of likely N-dealkylation sites (tertiary alicyclic amines) is 1. The molecular weight excluding hydrogens is 396 g/mol. The Morgan fingerprint density at radius 2 is 1.97 bits per heavy atom. The van der Waals surface area contributed by atoms with E-state index in [1.165, 1.54) is 5.56 Å². The Kier molecular flexibility index (Phi) is 6.21. The molecule has 2 heterocycles. The normalized spacial score (nSPS) is 16.7. The number of carbonyl (C=O) groups excluding carboxylic acids is 1. The summed E-state index contributed by atoms with van der Waals surface area (Å²) in [6.07, 6.45) is 1.16. The quantitative estimate of drug-likeness (QED) is 0.642. The lowest BCUT2D eigenvalue weighted by Gasteiger charge is -2.17. The summed E-state index contributed by atoms with van der Waals surface area (Å²) in [6, 6.07) is 18.1. The highest BCUT2D eigenvalue weighted by Crippen LogP contribution is 2.26. The highest BCUT2D eigenvalue weighted by molar-refractivity contribution is 6.33. The molecule has 1 aromatic heterocycles. The zero-order valence-electron chi connectivity index (χ0n) is 17.4. The molecule has 1 N–H and O–H groups in total. The predicted octanol–water partition coefficient (Wildman–Crippen LogP) is 4.36. The fourth-order valence-corrected chi connectivity index (χ4v) is 4.37. The molecule has 2 aromatic carbocycles. The number of aryl methyl sites for hydroxylation is 2. The molecule has 0 aliphatic carbocycles. The van der Waals surface area contributed by atoms with Crippen molar-refractivity contribution in [1.29, 1.82) is 0 Å². The molecule has 0 spiro atoms. The average molecular weight is 423 g/mol. The molecule has 1 aliphatic rings. The molecule has 6 heteroatoms. The lowest BCUT2D eigenvalue weighted by molar-refractivity contribution is 0.0950. The fourth-order valence-electron chi connectivity index (χ4n) is 4.17. The monoisotopic (exact) mass is 422 g/mol. The Bertz CT molecular complexity index is 1030. The summed E-state index contributed by atoms with van der Waals surface area (Å²) in [4.78, 5) is 15.2. The van der Waals surface area contributed by atoms with E-state index in [0.29, 0.717) is 23.0 Å². The fraction of sp³-hybridized carbons (Fsp3) is 0.333. The van der Waals surface area contributed by atoms with Crippen LogP contribution in [0.5, 0.6) is 0 Å². The van der Waals surface area contributed by atoms with Crippen molar-refractivity contribution in [2.24, 2.45) is 0 Å². The maximum Gasteiger partial charge on any atom is 0.252 e. The van der Waals surface area contributed by atoms with Crippen molar-refractivity contribution in [1.82, 2.24) is 20.0 Å². The minimum atomic E-state index is -0.151. The van der Waals surface area contributed by atoms with Gasteiger partial charge in [0.25, 0.3) is 5.91 Å². The van der Waals surface area contributed by atoms with Gasteiger partial charge in [-0.3, -0.25) is 4.79 Å². The van der Waals surface area contributed by atoms with E-state index in [2.05, 4.69) is 45.6 Å². The van der Waals surface area contributed by atoms with Crippen LogP contribution in [0.2, 0.25) is 5.02 Å². The molecule has 0 bridgehead atoms. The number of amides is 1. The second kappa shape index (κ2) is 9.02. The average Bonchev–Trinajstić information content (AvgIpc) is 3.35. The first kappa shape index (κ1) is 20.6. The molecule has 1 saturated heterocycles. The van der Waals surface area contributed by atoms with Crippen LogP contribution in [0.15, 0.2) is 54.6 Å². The van der Waals surface area contributed by atoms with Gasteiger partial charge in [0.05, 0.1) is 22.0 Å². The van der Waals surface area contributed by atoms with Crippen LogP contribution in [0.25, 0.3) is 5.69 Å². The first-order valence-electron chi connectivity index (χ1n) is 10.4.